The maximum Gasteiger partial charge on any atom is 0.338 e. The fourth-order valence-electron chi connectivity index (χ4n) is 3.04. The number of carbonyl (C=O) groups is 1. The van der Waals surface area contributed by atoms with E-state index in [1.807, 2.05) is 39.2 Å². The summed E-state index contributed by atoms with van der Waals surface area (Å²) in [6.45, 7) is 5.76. The lowest BCUT2D eigenvalue weighted by Gasteiger charge is -2.14. The highest BCUT2D eigenvalue weighted by Crippen LogP contribution is 2.30. The molecule has 3 aromatic carbocycles. The van der Waals surface area contributed by atoms with Crippen LogP contribution >= 0.6 is 0 Å². The average Bonchev–Trinajstić information content (AvgIpc) is 2.68. The minimum Gasteiger partial charge on any atom is -0.492 e. The van der Waals surface area contributed by atoms with E-state index < -0.39 is 0 Å². The number of ether oxygens (including phenoxy) is 2. The lowest BCUT2D eigenvalue weighted by molar-refractivity contribution is 0.0526. The van der Waals surface area contributed by atoms with Crippen LogP contribution in [0.5, 0.6) is 5.75 Å². The smallest absolute Gasteiger partial charge is 0.338 e. The topological polar surface area (TPSA) is 38.8 Å². The summed E-state index contributed by atoms with van der Waals surface area (Å²) >= 11 is 0. The maximum absolute atomic E-state index is 12.0. The van der Waals surface area contributed by atoms with Crippen molar-refractivity contribution in [3.05, 3.63) is 65.7 Å². The number of nitrogens with zero attached hydrogens (tertiary/aromatic N) is 1. The molecule has 0 atom stereocenters. The van der Waals surface area contributed by atoms with Crippen LogP contribution in [0.1, 0.15) is 22.8 Å². The number of fused-ring (bicyclic) bond motifs is 1. The van der Waals surface area contributed by atoms with Crippen LogP contribution in [0.3, 0.4) is 0 Å². The van der Waals surface area contributed by atoms with Gasteiger partial charge in [0.25, 0.3) is 0 Å². The van der Waals surface area contributed by atoms with Gasteiger partial charge in [-0.1, -0.05) is 30.3 Å². The summed E-state index contributed by atoms with van der Waals surface area (Å²) in [5, 5.41) is 2.10. The molecular weight excluding hydrogens is 350 g/mol. The van der Waals surface area contributed by atoms with Crippen LogP contribution in [0.4, 0.5) is 0 Å². The summed E-state index contributed by atoms with van der Waals surface area (Å²) in [7, 11) is 4.07. The first kappa shape index (κ1) is 19.9. The van der Waals surface area contributed by atoms with Crippen molar-refractivity contribution in [2.24, 2.45) is 0 Å². The van der Waals surface area contributed by atoms with Gasteiger partial charge in [-0.05, 0) is 79.7 Å². The molecule has 0 amide bonds. The Bertz CT molecular complexity index is 979. The molecule has 0 fully saturated rings. The Labute approximate surface area is 166 Å². The normalized spacial score (nSPS) is 11.0. The van der Waals surface area contributed by atoms with Gasteiger partial charge in [0.15, 0.2) is 0 Å². The van der Waals surface area contributed by atoms with E-state index in [1.54, 1.807) is 0 Å². The van der Waals surface area contributed by atoms with Gasteiger partial charge >= 0.3 is 5.97 Å². The predicted octanol–water partition coefficient (Wildman–Crippen LogP) is 4.93. The fourth-order valence-corrected chi connectivity index (χ4v) is 3.04. The first-order valence-corrected chi connectivity index (χ1v) is 9.57. The van der Waals surface area contributed by atoms with E-state index in [0.717, 1.165) is 39.8 Å². The van der Waals surface area contributed by atoms with Crippen molar-refractivity contribution in [1.82, 2.24) is 4.90 Å². The number of esters is 1. The van der Waals surface area contributed by atoms with Crippen LogP contribution in [0.15, 0.2) is 54.6 Å². The van der Waals surface area contributed by atoms with E-state index in [2.05, 4.69) is 48.2 Å². The Hall–Kier alpha value is -2.85. The van der Waals surface area contributed by atoms with E-state index >= 15 is 0 Å². The molecule has 0 aliphatic carbocycles. The molecule has 0 saturated carbocycles. The Balaban J connectivity index is 1.91. The molecular formula is C24H27NO3. The Morgan fingerprint density at radius 1 is 0.929 bits per heavy atom. The lowest BCUT2D eigenvalue weighted by atomic mass is 9.99. The molecule has 4 heteroatoms. The van der Waals surface area contributed by atoms with E-state index in [1.165, 1.54) is 0 Å². The van der Waals surface area contributed by atoms with Crippen molar-refractivity contribution in [2.45, 2.75) is 13.8 Å². The molecule has 0 radical (unpaired) electrons. The van der Waals surface area contributed by atoms with Gasteiger partial charge in [-0.15, -0.1) is 0 Å². The molecule has 28 heavy (non-hydrogen) atoms. The van der Waals surface area contributed by atoms with E-state index in [0.29, 0.717) is 18.8 Å². The zero-order valence-electron chi connectivity index (χ0n) is 17.0. The van der Waals surface area contributed by atoms with Gasteiger partial charge in [-0.3, -0.25) is 0 Å². The fraction of sp³-hybridized carbons (Fsp3) is 0.292. The zero-order chi connectivity index (χ0) is 20.1. The van der Waals surface area contributed by atoms with Crippen molar-refractivity contribution in [3.8, 4) is 16.9 Å². The van der Waals surface area contributed by atoms with Gasteiger partial charge in [0, 0.05) is 6.54 Å². The zero-order valence-corrected chi connectivity index (χ0v) is 17.0. The van der Waals surface area contributed by atoms with Crippen molar-refractivity contribution in [2.75, 3.05) is 33.9 Å². The van der Waals surface area contributed by atoms with E-state index in [9.17, 15) is 4.79 Å². The van der Waals surface area contributed by atoms with Gasteiger partial charge in [0.05, 0.1) is 12.2 Å². The number of carbonyl (C=O) groups excluding carboxylic acids is 1. The van der Waals surface area contributed by atoms with Gasteiger partial charge in [0.1, 0.15) is 12.4 Å². The molecule has 3 aromatic rings. The quantitative estimate of drug-likeness (QED) is 0.547. The van der Waals surface area contributed by atoms with Crippen LogP contribution in [-0.2, 0) is 4.74 Å². The number of aryl methyl sites for hydroxylation is 1. The summed E-state index contributed by atoms with van der Waals surface area (Å²) < 4.78 is 11.1. The van der Waals surface area contributed by atoms with Crippen molar-refractivity contribution < 1.29 is 14.3 Å². The van der Waals surface area contributed by atoms with Crippen LogP contribution in [0, 0.1) is 6.92 Å². The molecule has 0 spiro atoms. The molecule has 0 unspecified atom stereocenters. The highest BCUT2D eigenvalue weighted by Gasteiger charge is 2.09. The molecule has 0 aromatic heterocycles. The Morgan fingerprint density at radius 2 is 1.64 bits per heavy atom. The standard InChI is InChI=1S/C24H27NO3/c1-5-27-24(26)21-11-9-18-8-10-19(14-22(18)15-21)20-7-6-17(2)23(16-20)28-13-12-25(3)4/h6-11,14-16H,5,12-13H2,1-4H3. The summed E-state index contributed by atoms with van der Waals surface area (Å²) in [5.74, 6) is 0.612. The number of likely N-dealkylation sites (N-methyl/N-ethyl adjacent to an activating group) is 1. The first-order valence-electron chi connectivity index (χ1n) is 9.57. The highest BCUT2D eigenvalue weighted by atomic mass is 16.5. The molecule has 0 saturated heterocycles. The monoisotopic (exact) mass is 377 g/mol. The first-order chi connectivity index (χ1) is 13.5. The van der Waals surface area contributed by atoms with Gasteiger partial charge < -0.3 is 14.4 Å². The number of hydrogen-bond acceptors (Lipinski definition) is 4. The molecule has 0 heterocycles. The van der Waals surface area contributed by atoms with Crippen LogP contribution < -0.4 is 4.74 Å². The van der Waals surface area contributed by atoms with Gasteiger partial charge in [-0.25, -0.2) is 4.79 Å². The van der Waals surface area contributed by atoms with Crippen LogP contribution in [0.25, 0.3) is 21.9 Å². The molecule has 0 N–H and O–H groups in total. The Morgan fingerprint density at radius 3 is 2.39 bits per heavy atom. The van der Waals surface area contributed by atoms with Crippen LogP contribution in [-0.4, -0.2) is 44.7 Å². The second kappa shape index (κ2) is 8.89. The third-order valence-electron chi connectivity index (χ3n) is 4.67. The number of benzene rings is 3. The predicted molar refractivity (Wildman–Crippen MR) is 114 cm³/mol. The summed E-state index contributed by atoms with van der Waals surface area (Å²) in [4.78, 5) is 14.1. The molecule has 146 valence electrons. The molecule has 0 aliphatic heterocycles. The summed E-state index contributed by atoms with van der Waals surface area (Å²) in [6.07, 6.45) is 0. The second-order valence-electron chi connectivity index (χ2n) is 7.13. The van der Waals surface area contributed by atoms with Crippen molar-refractivity contribution in [3.63, 3.8) is 0 Å². The average molecular weight is 377 g/mol. The maximum atomic E-state index is 12.0. The highest BCUT2D eigenvalue weighted by molar-refractivity contribution is 5.96. The second-order valence-corrected chi connectivity index (χ2v) is 7.13. The van der Waals surface area contributed by atoms with Crippen LogP contribution in [0.2, 0.25) is 0 Å². The largest absolute Gasteiger partial charge is 0.492 e. The molecule has 3 rings (SSSR count). The minimum atomic E-state index is -0.290. The number of rotatable bonds is 7. The third-order valence-corrected chi connectivity index (χ3v) is 4.67. The van der Waals surface area contributed by atoms with Gasteiger partial charge in [0.2, 0.25) is 0 Å². The minimum absolute atomic E-state index is 0.290. The summed E-state index contributed by atoms with van der Waals surface area (Å²) in [6, 6.07) is 18.2. The molecule has 0 bridgehead atoms. The third kappa shape index (κ3) is 4.70. The van der Waals surface area contributed by atoms with Crippen molar-refractivity contribution in [1.29, 1.82) is 0 Å². The SMILES string of the molecule is CCOC(=O)c1ccc2ccc(-c3ccc(C)c(OCCN(C)C)c3)cc2c1. The molecule has 0 aliphatic rings. The van der Waals surface area contributed by atoms with Crippen molar-refractivity contribution >= 4 is 16.7 Å². The summed E-state index contributed by atoms with van der Waals surface area (Å²) in [5.41, 5.74) is 3.87. The van der Waals surface area contributed by atoms with Gasteiger partial charge in [-0.2, -0.15) is 0 Å². The lowest BCUT2D eigenvalue weighted by Crippen LogP contribution is -2.19. The number of hydrogen-bond donors (Lipinski definition) is 0. The van der Waals surface area contributed by atoms with E-state index in [4.69, 9.17) is 9.47 Å². The Kier molecular flexibility index (Phi) is 6.32. The van der Waals surface area contributed by atoms with E-state index in [-0.39, 0.29) is 5.97 Å². The molecule has 4 nitrogen and oxygen atoms in total.